The zero-order valence-corrected chi connectivity index (χ0v) is 18.3. The molecule has 9 nitrogen and oxygen atoms in total. The second kappa shape index (κ2) is 10.1. The summed E-state index contributed by atoms with van der Waals surface area (Å²) in [5, 5.41) is 14.8. The number of hydrogen-bond donors (Lipinski definition) is 3. The van der Waals surface area contributed by atoms with Crippen LogP contribution in [0.5, 0.6) is 5.75 Å². The summed E-state index contributed by atoms with van der Waals surface area (Å²) in [5.41, 5.74) is 1.92. The zero-order chi connectivity index (χ0) is 23.3. The maximum Gasteiger partial charge on any atom is 0.339 e. The number of ether oxygens (including phenoxy) is 1. The number of hydrogen-bond acceptors (Lipinski definition) is 6. The number of aliphatic carboxylic acids is 1. The van der Waals surface area contributed by atoms with Gasteiger partial charge in [-0.2, -0.15) is 0 Å². The molecule has 2 amide bonds. The molecule has 2 aromatic rings. The van der Waals surface area contributed by atoms with Crippen molar-refractivity contribution in [1.29, 1.82) is 0 Å². The molecule has 0 aliphatic carbocycles. The number of rotatable bonds is 9. The van der Waals surface area contributed by atoms with Gasteiger partial charge < -0.3 is 24.9 Å². The molecule has 168 valence electrons. The average molecular weight is 432 g/mol. The first-order chi connectivity index (χ1) is 14.6. The molecule has 2 rings (SSSR count). The minimum absolute atomic E-state index is 0.246. The summed E-state index contributed by atoms with van der Waals surface area (Å²) >= 11 is 0. The van der Waals surface area contributed by atoms with Gasteiger partial charge in [-0.15, -0.1) is 0 Å². The maximum atomic E-state index is 12.1. The Labute approximate surface area is 179 Å². The molecule has 1 aromatic carbocycles. The SMILES string of the molecule is CCC(C)C(NC(=O)CNC(=O)COc1ccc2c(C)c(C)c(=O)oc2c1C)C(=O)O. The molecular formula is C22H28N2O7. The van der Waals surface area contributed by atoms with Gasteiger partial charge in [0.15, 0.2) is 6.61 Å². The summed E-state index contributed by atoms with van der Waals surface area (Å²) in [6.45, 7) is 8.08. The van der Waals surface area contributed by atoms with Crippen LogP contribution in [0.15, 0.2) is 21.3 Å². The fourth-order valence-corrected chi connectivity index (χ4v) is 3.06. The van der Waals surface area contributed by atoms with Crippen LogP contribution in [0.4, 0.5) is 0 Å². The van der Waals surface area contributed by atoms with Crippen LogP contribution in [0.1, 0.15) is 37.0 Å². The highest BCUT2D eigenvalue weighted by Gasteiger charge is 2.25. The Morgan fingerprint density at radius 3 is 2.39 bits per heavy atom. The molecule has 0 aliphatic rings. The lowest BCUT2D eigenvalue weighted by atomic mass is 9.99. The van der Waals surface area contributed by atoms with Crippen LogP contribution in [0.25, 0.3) is 11.0 Å². The standard InChI is InChI=1S/C22H28N2O7/c1-6-11(2)19(21(27)28)24-17(25)9-23-18(26)10-30-16-8-7-15-12(3)13(4)22(29)31-20(15)14(16)5/h7-8,11,19H,6,9-10H2,1-5H3,(H,23,26)(H,24,25)(H,27,28). The van der Waals surface area contributed by atoms with Gasteiger partial charge in [0, 0.05) is 16.5 Å². The van der Waals surface area contributed by atoms with Gasteiger partial charge in [0.05, 0.1) is 6.54 Å². The number of nitrogens with one attached hydrogen (secondary N) is 2. The van der Waals surface area contributed by atoms with E-state index in [0.29, 0.717) is 28.9 Å². The lowest BCUT2D eigenvalue weighted by molar-refractivity contribution is -0.143. The Kier molecular flexibility index (Phi) is 7.79. The van der Waals surface area contributed by atoms with Crippen LogP contribution in [-0.2, 0) is 14.4 Å². The lowest BCUT2D eigenvalue weighted by Crippen LogP contribution is -2.48. The highest BCUT2D eigenvalue weighted by Crippen LogP contribution is 2.29. The normalized spacial score (nSPS) is 12.8. The highest BCUT2D eigenvalue weighted by molar-refractivity contribution is 5.89. The van der Waals surface area contributed by atoms with Crippen molar-refractivity contribution in [2.75, 3.05) is 13.2 Å². The monoisotopic (exact) mass is 432 g/mol. The minimum Gasteiger partial charge on any atom is -0.483 e. The van der Waals surface area contributed by atoms with Gasteiger partial charge in [-0.1, -0.05) is 20.3 Å². The third-order valence-electron chi connectivity index (χ3n) is 5.42. The molecule has 3 N–H and O–H groups in total. The fourth-order valence-electron chi connectivity index (χ4n) is 3.06. The Morgan fingerprint density at radius 2 is 1.77 bits per heavy atom. The second-order valence-electron chi connectivity index (χ2n) is 7.54. The molecule has 0 saturated carbocycles. The van der Waals surface area contributed by atoms with E-state index in [1.54, 1.807) is 32.9 Å². The Hall–Kier alpha value is -3.36. The van der Waals surface area contributed by atoms with Crippen LogP contribution in [0, 0.1) is 26.7 Å². The number of carbonyl (C=O) groups excluding carboxylic acids is 2. The Morgan fingerprint density at radius 1 is 1.10 bits per heavy atom. The van der Waals surface area contributed by atoms with Crippen molar-refractivity contribution in [1.82, 2.24) is 10.6 Å². The van der Waals surface area contributed by atoms with Crippen LogP contribution < -0.4 is 21.0 Å². The second-order valence-corrected chi connectivity index (χ2v) is 7.54. The Balaban J connectivity index is 1.97. The molecule has 0 spiro atoms. The van der Waals surface area contributed by atoms with Gasteiger partial charge in [0.1, 0.15) is 17.4 Å². The summed E-state index contributed by atoms with van der Waals surface area (Å²) in [7, 11) is 0. The first-order valence-corrected chi connectivity index (χ1v) is 10.0. The molecule has 0 bridgehead atoms. The van der Waals surface area contributed by atoms with Crippen LogP contribution in [-0.4, -0.2) is 42.1 Å². The van der Waals surface area contributed by atoms with E-state index in [9.17, 15) is 24.3 Å². The molecular weight excluding hydrogens is 404 g/mol. The largest absolute Gasteiger partial charge is 0.483 e. The fraction of sp³-hybridized carbons (Fsp3) is 0.455. The summed E-state index contributed by atoms with van der Waals surface area (Å²) in [4.78, 5) is 47.3. The molecule has 1 heterocycles. The van der Waals surface area contributed by atoms with Crippen molar-refractivity contribution in [2.24, 2.45) is 5.92 Å². The third-order valence-corrected chi connectivity index (χ3v) is 5.42. The molecule has 1 aromatic heterocycles. The molecule has 31 heavy (non-hydrogen) atoms. The van der Waals surface area contributed by atoms with Crippen molar-refractivity contribution in [3.8, 4) is 5.75 Å². The predicted molar refractivity (Wildman–Crippen MR) is 114 cm³/mol. The first-order valence-electron chi connectivity index (χ1n) is 10.0. The van der Waals surface area contributed by atoms with Crippen molar-refractivity contribution >= 4 is 28.8 Å². The van der Waals surface area contributed by atoms with E-state index in [2.05, 4.69) is 10.6 Å². The topological polar surface area (TPSA) is 135 Å². The van der Waals surface area contributed by atoms with Gasteiger partial charge in [0.25, 0.3) is 5.91 Å². The van der Waals surface area contributed by atoms with Gasteiger partial charge in [-0.25, -0.2) is 9.59 Å². The zero-order valence-electron chi connectivity index (χ0n) is 18.3. The average Bonchev–Trinajstić information content (AvgIpc) is 2.73. The van der Waals surface area contributed by atoms with Crippen molar-refractivity contribution in [3.63, 3.8) is 0 Å². The van der Waals surface area contributed by atoms with E-state index < -0.39 is 29.5 Å². The van der Waals surface area contributed by atoms with Gasteiger partial charge >= 0.3 is 11.6 Å². The maximum absolute atomic E-state index is 12.1. The summed E-state index contributed by atoms with van der Waals surface area (Å²) in [6.07, 6.45) is 0.585. The smallest absolute Gasteiger partial charge is 0.339 e. The lowest BCUT2D eigenvalue weighted by Gasteiger charge is -2.20. The number of amides is 2. The van der Waals surface area contributed by atoms with Gasteiger partial charge in [0.2, 0.25) is 5.91 Å². The van der Waals surface area contributed by atoms with Crippen LogP contribution >= 0.6 is 0 Å². The van der Waals surface area contributed by atoms with E-state index in [4.69, 9.17) is 9.15 Å². The van der Waals surface area contributed by atoms with E-state index in [1.807, 2.05) is 13.8 Å². The molecule has 0 radical (unpaired) electrons. The van der Waals surface area contributed by atoms with Crippen molar-refractivity contribution in [3.05, 3.63) is 39.2 Å². The summed E-state index contributed by atoms with van der Waals surface area (Å²) in [5.74, 6) is -2.14. The molecule has 2 atom stereocenters. The first kappa shape index (κ1) is 23.9. The van der Waals surface area contributed by atoms with Crippen LogP contribution in [0.3, 0.4) is 0 Å². The number of fused-ring (bicyclic) bond motifs is 1. The van der Waals surface area contributed by atoms with Gasteiger partial charge in [-0.05, 0) is 44.4 Å². The predicted octanol–water partition coefficient (Wildman–Crippen LogP) is 1.83. The van der Waals surface area contributed by atoms with E-state index in [0.717, 1.165) is 10.9 Å². The molecule has 0 saturated heterocycles. The Bertz CT molecular complexity index is 1060. The number of carbonyl (C=O) groups is 3. The number of carboxylic acid groups (broad SMARTS) is 1. The molecule has 0 fully saturated rings. The highest BCUT2D eigenvalue weighted by atomic mass is 16.5. The minimum atomic E-state index is -1.12. The quantitative estimate of drug-likeness (QED) is 0.515. The third kappa shape index (κ3) is 5.62. The van der Waals surface area contributed by atoms with E-state index >= 15 is 0 Å². The van der Waals surface area contributed by atoms with E-state index in [1.165, 1.54) is 0 Å². The van der Waals surface area contributed by atoms with E-state index in [-0.39, 0.29) is 19.1 Å². The summed E-state index contributed by atoms with van der Waals surface area (Å²) in [6, 6.07) is 2.43. The van der Waals surface area contributed by atoms with Crippen molar-refractivity contribution in [2.45, 2.75) is 47.1 Å². The van der Waals surface area contributed by atoms with Gasteiger partial charge in [-0.3, -0.25) is 9.59 Å². The number of benzene rings is 1. The molecule has 9 heteroatoms. The molecule has 2 unspecified atom stereocenters. The number of carboxylic acids is 1. The molecule has 0 aliphatic heterocycles. The summed E-state index contributed by atoms with van der Waals surface area (Å²) < 4.78 is 10.9. The number of aryl methyl sites for hydroxylation is 2. The van der Waals surface area contributed by atoms with Crippen LogP contribution in [0.2, 0.25) is 0 Å². The van der Waals surface area contributed by atoms with Crippen molar-refractivity contribution < 1.29 is 28.6 Å².